The Bertz CT molecular complexity index is 592. The predicted molar refractivity (Wildman–Crippen MR) is 79.2 cm³/mol. The number of anilines is 1. The largest absolute Gasteiger partial charge is 0.347 e. The first kappa shape index (κ1) is 13.6. The molecule has 4 N–H and O–H groups in total. The third-order valence-electron chi connectivity index (χ3n) is 2.95. The molecule has 0 atom stereocenters. The highest BCUT2D eigenvalue weighted by Crippen LogP contribution is 2.18. The fourth-order valence-electron chi connectivity index (χ4n) is 1.81. The Balaban J connectivity index is 2.12. The number of benzene rings is 1. The van der Waals surface area contributed by atoms with E-state index in [9.17, 15) is 4.79 Å². The lowest BCUT2D eigenvalue weighted by Gasteiger charge is -2.10. The van der Waals surface area contributed by atoms with Crippen LogP contribution in [-0.2, 0) is 6.54 Å². The van der Waals surface area contributed by atoms with Crippen LogP contribution in [0, 0.1) is 13.8 Å². The Hall–Kier alpha value is -1.85. The van der Waals surface area contributed by atoms with E-state index in [1.54, 1.807) is 17.4 Å². The number of carbonyl (C=O) groups is 1. The standard InChI is InChI=1S/C14H17N3OS/c1-9-3-4-12(17-15)11(7-9)14(18)16-8-13-10(2)5-6-19-13/h3-7,17H,8,15H2,1-2H3,(H,16,18). The van der Waals surface area contributed by atoms with Crippen LogP contribution >= 0.6 is 11.3 Å². The molecule has 0 spiro atoms. The lowest BCUT2D eigenvalue weighted by atomic mass is 10.1. The number of rotatable bonds is 4. The molecule has 0 radical (unpaired) electrons. The molecule has 1 aromatic carbocycles. The van der Waals surface area contributed by atoms with Gasteiger partial charge in [-0.1, -0.05) is 11.6 Å². The van der Waals surface area contributed by atoms with Crippen LogP contribution < -0.4 is 16.6 Å². The van der Waals surface area contributed by atoms with Crippen molar-refractivity contribution in [2.45, 2.75) is 20.4 Å². The number of thiophene rings is 1. The summed E-state index contributed by atoms with van der Waals surface area (Å²) in [5.74, 6) is 5.30. The monoisotopic (exact) mass is 275 g/mol. The Morgan fingerprint density at radius 2 is 2.11 bits per heavy atom. The summed E-state index contributed by atoms with van der Waals surface area (Å²) in [6, 6.07) is 7.59. The minimum Gasteiger partial charge on any atom is -0.347 e. The molecule has 2 rings (SSSR count). The van der Waals surface area contributed by atoms with Crippen molar-refractivity contribution in [3.05, 3.63) is 51.2 Å². The van der Waals surface area contributed by atoms with Gasteiger partial charge in [0.15, 0.2) is 0 Å². The number of nitrogens with one attached hydrogen (secondary N) is 2. The van der Waals surface area contributed by atoms with Gasteiger partial charge in [-0.3, -0.25) is 10.6 Å². The fraction of sp³-hybridized carbons (Fsp3) is 0.214. The first-order chi connectivity index (χ1) is 9.11. The summed E-state index contributed by atoms with van der Waals surface area (Å²) in [7, 11) is 0. The average molecular weight is 275 g/mol. The van der Waals surface area contributed by atoms with E-state index in [4.69, 9.17) is 5.84 Å². The summed E-state index contributed by atoms with van der Waals surface area (Å²) in [6.45, 7) is 4.53. The van der Waals surface area contributed by atoms with Gasteiger partial charge in [-0.15, -0.1) is 11.3 Å². The molecule has 1 aromatic heterocycles. The number of hydrogen-bond acceptors (Lipinski definition) is 4. The molecule has 1 amide bonds. The highest BCUT2D eigenvalue weighted by atomic mass is 32.1. The molecule has 0 bridgehead atoms. The summed E-state index contributed by atoms with van der Waals surface area (Å²) < 4.78 is 0. The van der Waals surface area contributed by atoms with Gasteiger partial charge in [0.1, 0.15) is 0 Å². The van der Waals surface area contributed by atoms with Crippen molar-refractivity contribution in [3.63, 3.8) is 0 Å². The lowest BCUT2D eigenvalue weighted by molar-refractivity contribution is 0.0952. The topological polar surface area (TPSA) is 67.1 Å². The molecule has 5 heteroatoms. The molecule has 19 heavy (non-hydrogen) atoms. The zero-order chi connectivity index (χ0) is 13.8. The molecular formula is C14H17N3OS. The quantitative estimate of drug-likeness (QED) is 0.593. The van der Waals surface area contributed by atoms with Crippen LogP contribution in [0.2, 0.25) is 0 Å². The van der Waals surface area contributed by atoms with Gasteiger partial charge in [0, 0.05) is 4.88 Å². The third-order valence-corrected chi connectivity index (χ3v) is 3.98. The van der Waals surface area contributed by atoms with E-state index in [0.717, 1.165) is 5.56 Å². The molecule has 2 aromatic rings. The van der Waals surface area contributed by atoms with Crippen molar-refractivity contribution in [1.82, 2.24) is 5.32 Å². The zero-order valence-corrected chi connectivity index (χ0v) is 11.8. The van der Waals surface area contributed by atoms with E-state index in [1.165, 1.54) is 10.4 Å². The van der Waals surface area contributed by atoms with E-state index < -0.39 is 0 Å². The van der Waals surface area contributed by atoms with Gasteiger partial charge in [0.05, 0.1) is 17.8 Å². The van der Waals surface area contributed by atoms with Crippen molar-refractivity contribution >= 4 is 22.9 Å². The van der Waals surface area contributed by atoms with Crippen molar-refractivity contribution < 1.29 is 4.79 Å². The summed E-state index contributed by atoms with van der Waals surface area (Å²) in [4.78, 5) is 13.4. The molecule has 1 heterocycles. The Kier molecular flexibility index (Phi) is 4.19. The number of nitrogens with two attached hydrogens (primary N) is 1. The van der Waals surface area contributed by atoms with Crippen LogP contribution in [0.4, 0.5) is 5.69 Å². The minimum atomic E-state index is -0.121. The second-order valence-corrected chi connectivity index (χ2v) is 5.40. The first-order valence-corrected chi connectivity index (χ1v) is 6.88. The maximum atomic E-state index is 12.2. The molecule has 4 nitrogen and oxygen atoms in total. The van der Waals surface area contributed by atoms with Crippen molar-refractivity contribution in [2.75, 3.05) is 5.43 Å². The molecule has 0 unspecified atom stereocenters. The third kappa shape index (κ3) is 3.13. The molecule has 0 aliphatic heterocycles. The minimum absolute atomic E-state index is 0.121. The van der Waals surface area contributed by atoms with E-state index in [2.05, 4.69) is 10.7 Å². The number of carbonyl (C=O) groups excluding carboxylic acids is 1. The van der Waals surface area contributed by atoms with Gasteiger partial charge < -0.3 is 10.7 Å². The number of nitrogen functional groups attached to an aromatic ring is 1. The first-order valence-electron chi connectivity index (χ1n) is 6.00. The summed E-state index contributed by atoms with van der Waals surface area (Å²) >= 11 is 1.64. The molecule has 0 fully saturated rings. The van der Waals surface area contributed by atoms with Gasteiger partial charge in [-0.25, -0.2) is 0 Å². The van der Waals surface area contributed by atoms with E-state index in [1.807, 2.05) is 37.4 Å². The van der Waals surface area contributed by atoms with Crippen LogP contribution in [0.15, 0.2) is 29.6 Å². The molecule has 0 aliphatic carbocycles. The van der Waals surface area contributed by atoms with Gasteiger partial charge in [0.2, 0.25) is 0 Å². The molecule has 0 saturated carbocycles. The van der Waals surface area contributed by atoms with Crippen molar-refractivity contribution in [1.29, 1.82) is 0 Å². The number of amides is 1. The van der Waals surface area contributed by atoms with Crippen LogP contribution in [0.3, 0.4) is 0 Å². The SMILES string of the molecule is Cc1ccc(NN)c(C(=O)NCc2sccc2C)c1. The Morgan fingerprint density at radius 3 is 2.74 bits per heavy atom. The van der Waals surface area contributed by atoms with Crippen molar-refractivity contribution in [2.24, 2.45) is 5.84 Å². The highest BCUT2D eigenvalue weighted by molar-refractivity contribution is 7.10. The van der Waals surface area contributed by atoms with E-state index in [-0.39, 0.29) is 5.91 Å². The van der Waals surface area contributed by atoms with Gasteiger partial charge in [0.25, 0.3) is 5.91 Å². The van der Waals surface area contributed by atoms with Crippen LogP contribution in [0.5, 0.6) is 0 Å². The van der Waals surface area contributed by atoms with Gasteiger partial charge in [-0.05, 0) is 43.0 Å². The average Bonchev–Trinajstić information content (AvgIpc) is 2.81. The number of hydrazine groups is 1. The smallest absolute Gasteiger partial charge is 0.253 e. The fourth-order valence-corrected chi connectivity index (χ4v) is 2.66. The van der Waals surface area contributed by atoms with Crippen LogP contribution in [0.1, 0.15) is 26.4 Å². The number of aryl methyl sites for hydroxylation is 2. The van der Waals surface area contributed by atoms with Crippen LogP contribution in [0.25, 0.3) is 0 Å². The summed E-state index contributed by atoms with van der Waals surface area (Å²) in [6.07, 6.45) is 0. The molecule has 100 valence electrons. The van der Waals surface area contributed by atoms with E-state index in [0.29, 0.717) is 17.8 Å². The molecule has 0 aliphatic rings. The Morgan fingerprint density at radius 1 is 1.32 bits per heavy atom. The second-order valence-electron chi connectivity index (χ2n) is 4.40. The number of hydrogen-bond donors (Lipinski definition) is 3. The normalized spacial score (nSPS) is 10.3. The Labute approximate surface area is 116 Å². The summed E-state index contributed by atoms with van der Waals surface area (Å²) in [5.41, 5.74) is 5.97. The maximum Gasteiger partial charge on any atom is 0.253 e. The molecular weight excluding hydrogens is 258 g/mol. The second kappa shape index (κ2) is 5.86. The maximum absolute atomic E-state index is 12.2. The van der Waals surface area contributed by atoms with Crippen molar-refractivity contribution in [3.8, 4) is 0 Å². The highest BCUT2D eigenvalue weighted by Gasteiger charge is 2.11. The zero-order valence-electron chi connectivity index (χ0n) is 11.0. The molecule has 0 saturated heterocycles. The lowest BCUT2D eigenvalue weighted by Crippen LogP contribution is -2.24. The van der Waals surface area contributed by atoms with Gasteiger partial charge in [-0.2, -0.15) is 0 Å². The van der Waals surface area contributed by atoms with Crippen LogP contribution in [-0.4, -0.2) is 5.91 Å². The predicted octanol–water partition coefficient (Wildman–Crippen LogP) is 2.58. The van der Waals surface area contributed by atoms with E-state index >= 15 is 0 Å². The van der Waals surface area contributed by atoms with Gasteiger partial charge >= 0.3 is 0 Å². The summed E-state index contributed by atoms with van der Waals surface area (Å²) in [5, 5.41) is 4.94.